The molecule has 0 radical (unpaired) electrons. The standard InChI is InChI=1S/C15H21N3O.ClH/c1-11(19)18-7-5-13(6-8-18)17-15-4-2-3-12-9-16-10-14(12)15;/h2-4,13,16-17H,5-10H2,1H3;1H. The fourth-order valence-electron chi connectivity index (χ4n) is 3.03. The predicted molar refractivity (Wildman–Crippen MR) is 83.1 cm³/mol. The zero-order chi connectivity index (χ0) is 13.2. The second kappa shape index (κ2) is 6.46. The highest BCUT2D eigenvalue weighted by atomic mass is 35.5. The van der Waals surface area contributed by atoms with Gasteiger partial charge >= 0.3 is 0 Å². The highest BCUT2D eigenvalue weighted by Gasteiger charge is 2.22. The van der Waals surface area contributed by atoms with Crippen molar-refractivity contribution in [2.75, 3.05) is 18.4 Å². The molecule has 0 spiro atoms. The summed E-state index contributed by atoms with van der Waals surface area (Å²) in [4.78, 5) is 13.3. The van der Waals surface area contributed by atoms with Crippen molar-refractivity contribution < 1.29 is 4.79 Å². The van der Waals surface area contributed by atoms with Crippen LogP contribution >= 0.6 is 12.4 Å². The Balaban J connectivity index is 0.00000147. The Morgan fingerprint density at radius 1 is 1.30 bits per heavy atom. The second-order valence-electron chi connectivity index (χ2n) is 5.47. The number of rotatable bonds is 2. The first-order chi connectivity index (χ1) is 9.24. The van der Waals surface area contributed by atoms with E-state index in [4.69, 9.17) is 0 Å². The monoisotopic (exact) mass is 295 g/mol. The number of nitrogens with zero attached hydrogens (tertiary/aromatic N) is 1. The Hall–Kier alpha value is -1.26. The number of piperidine rings is 1. The molecule has 110 valence electrons. The molecule has 0 aromatic heterocycles. The quantitative estimate of drug-likeness (QED) is 0.878. The van der Waals surface area contributed by atoms with Gasteiger partial charge in [-0.15, -0.1) is 12.4 Å². The van der Waals surface area contributed by atoms with Crippen LogP contribution in [-0.2, 0) is 17.9 Å². The van der Waals surface area contributed by atoms with Crippen LogP contribution in [-0.4, -0.2) is 29.9 Å². The summed E-state index contributed by atoms with van der Waals surface area (Å²) < 4.78 is 0. The number of anilines is 1. The van der Waals surface area contributed by atoms with Crippen molar-refractivity contribution in [1.29, 1.82) is 0 Å². The lowest BCUT2D eigenvalue weighted by molar-refractivity contribution is -0.129. The van der Waals surface area contributed by atoms with Crippen molar-refractivity contribution in [2.45, 2.75) is 38.9 Å². The van der Waals surface area contributed by atoms with Gasteiger partial charge in [-0.2, -0.15) is 0 Å². The van der Waals surface area contributed by atoms with Crippen molar-refractivity contribution in [3.8, 4) is 0 Å². The minimum absolute atomic E-state index is 0. The molecule has 1 saturated heterocycles. The number of carbonyl (C=O) groups is 1. The first-order valence-corrected chi connectivity index (χ1v) is 7.07. The predicted octanol–water partition coefficient (Wildman–Crippen LogP) is 2.13. The zero-order valence-corrected chi connectivity index (χ0v) is 12.6. The number of benzene rings is 1. The fourth-order valence-corrected chi connectivity index (χ4v) is 3.03. The fraction of sp³-hybridized carbons (Fsp3) is 0.533. The molecule has 1 aromatic rings. The number of fused-ring (bicyclic) bond motifs is 1. The third kappa shape index (κ3) is 3.07. The topological polar surface area (TPSA) is 44.4 Å². The highest BCUT2D eigenvalue weighted by Crippen LogP contribution is 2.26. The Kier molecular flexibility index (Phi) is 4.89. The van der Waals surface area contributed by atoms with Crippen molar-refractivity contribution in [1.82, 2.24) is 10.2 Å². The molecule has 0 saturated carbocycles. The van der Waals surface area contributed by atoms with Gasteiger partial charge in [0.2, 0.25) is 5.91 Å². The summed E-state index contributed by atoms with van der Waals surface area (Å²) in [7, 11) is 0. The van der Waals surface area contributed by atoms with Crippen LogP contribution in [0.5, 0.6) is 0 Å². The van der Waals surface area contributed by atoms with Crippen LogP contribution in [0.3, 0.4) is 0 Å². The summed E-state index contributed by atoms with van der Waals surface area (Å²) >= 11 is 0. The number of hydrogen-bond donors (Lipinski definition) is 2. The van der Waals surface area contributed by atoms with Gasteiger partial charge in [0.1, 0.15) is 0 Å². The van der Waals surface area contributed by atoms with Crippen LogP contribution in [0.2, 0.25) is 0 Å². The Labute approximate surface area is 126 Å². The third-order valence-electron chi connectivity index (χ3n) is 4.19. The normalized spacial score (nSPS) is 18.4. The number of hydrogen-bond acceptors (Lipinski definition) is 3. The maximum Gasteiger partial charge on any atom is 0.219 e. The van der Waals surface area contributed by atoms with Crippen molar-refractivity contribution in [3.05, 3.63) is 29.3 Å². The van der Waals surface area contributed by atoms with Crippen LogP contribution in [0.15, 0.2) is 18.2 Å². The van der Waals surface area contributed by atoms with E-state index in [1.54, 1.807) is 6.92 Å². The lowest BCUT2D eigenvalue weighted by atomic mass is 10.0. The highest BCUT2D eigenvalue weighted by molar-refractivity contribution is 5.85. The van der Waals surface area contributed by atoms with Crippen molar-refractivity contribution >= 4 is 24.0 Å². The maximum atomic E-state index is 11.3. The molecular weight excluding hydrogens is 274 g/mol. The van der Waals surface area contributed by atoms with Crippen LogP contribution in [0.1, 0.15) is 30.9 Å². The van der Waals surface area contributed by atoms with Gasteiger partial charge in [0, 0.05) is 44.8 Å². The summed E-state index contributed by atoms with van der Waals surface area (Å²) in [6, 6.07) is 6.98. The van der Waals surface area contributed by atoms with E-state index in [-0.39, 0.29) is 18.3 Å². The average Bonchev–Trinajstić information content (AvgIpc) is 2.89. The molecule has 1 amide bonds. The molecule has 20 heavy (non-hydrogen) atoms. The molecule has 0 bridgehead atoms. The van der Waals surface area contributed by atoms with Crippen molar-refractivity contribution in [2.24, 2.45) is 0 Å². The van der Waals surface area contributed by atoms with Gasteiger partial charge in [0.05, 0.1) is 0 Å². The van der Waals surface area contributed by atoms with Crippen LogP contribution < -0.4 is 10.6 Å². The first-order valence-electron chi connectivity index (χ1n) is 7.07. The number of likely N-dealkylation sites (tertiary alicyclic amines) is 1. The van der Waals surface area contributed by atoms with Crippen LogP contribution in [0, 0.1) is 0 Å². The van der Waals surface area contributed by atoms with Gasteiger partial charge in [0.15, 0.2) is 0 Å². The van der Waals surface area contributed by atoms with Gasteiger partial charge in [0.25, 0.3) is 0 Å². The van der Waals surface area contributed by atoms with E-state index in [0.29, 0.717) is 6.04 Å². The summed E-state index contributed by atoms with van der Waals surface area (Å²) in [6.07, 6.45) is 2.08. The number of nitrogens with one attached hydrogen (secondary N) is 2. The van der Waals surface area contributed by atoms with Gasteiger partial charge in [-0.3, -0.25) is 4.79 Å². The largest absolute Gasteiger partial charge is 0.382 e. The molecular formula is C15H22ClN3O. The number of carbonyl (C=O) groups excluding carboxylic acids is 1. The summed E-state index contributed by atoms with van der Waals surface area (Å²) in [6.45, 7) is 5.35. The average molecular weight is 296 g/mol. The second-order valence-corrected chi connectivity index (χ2v) is 5.47. The first kappa shape index (κ1) is 15.1. The molecule has 0 aliphatic carbocycles. The van der Waals surface area contributed by atoms with Gasteiger partial charge in [-0.1, -0.05) is 12.1 Å². The molecule has 5 heteroatoms. The molecule has 3 rings (SSSR count). The molecule has 0 unspecified atom stereocenters. The smallest absolute Gasteiger partial charge is 0.219 e. The van der Waals surface area contributed by atoms with Crippen LogP contribution in [0.4, 0.5) is 5.69 Å². The Bertz CT molecular complexity index is 484. The Morgan fingerprint density at radius 2 is 2.05 bits per heavy atom. The Morgan fingerprint density at radius 3 is 2.75 bits per heavy atom. The van der Waals surface area contributed by atoms with E-state index in [1.165, 1.54) is 16.8 Å². The zero-order valence-electron chi connectivity index (χ0n) is 11.8. The number of halogens is 1. The molecule has 1 aromatic carbocycles. The van der Waals surface area contributed by atoms with E-state index in [0.717, 1.165) is 39.0 Å². The minimum atomic E-state index is 0. The molecule has 0 atom stereocenters. The summed E-state index contributed by atoms with van der Waals surface area (Å²) in [5.74, 6) is 0.197. The van der Waals surface area contributed by atoms with Crippen molar-refractivity contribution in [3.63, 3.8) is 0 Å². The third-order valence-corrected chi connectivity index (χ3v) is 4.19. The minimum Gasteiger partial charge on any atom is -0.382 e. The van der Waals surface area contributed by atoms with Gasteiger partial charge in [-0.25, -0.2) is 0 Å². The van der Waals surface area contributed by atoms with Gasteiger partial charge < -0.3 is 15.5 Å². The van der Waals surface area contributed by atoms with E-state index < -0.39 is 0 Å². The summed E-state index contributed by atoms with van der Waals surface area (Å²) in [5, 5.41) is 7.06. The van der Waals surface area contributed by atoms with Crippen LogP contribution in [0.25, 0.3) is 0 Å². The molecule has 2 aliphatic heterocycles. The molecule has 2 N–H and O–H groups in total. The molecule has 4 nitrogen and oxygen atoms in total. The molecule has 2 aliphatic rings. The van der Waals surface area contributed by atoms with E-state index in [1.807, 2.05) is 4.90 Å². The summed E-state index contributed by atoms with van der Waals surface area (Å²) in [5.41, 5.74) is 4.09. The van der Waals surface area contributed by atoms with E-state index in [2.05, 4.69) is 28.8 Å². The molecule has 2 heterocycles. The molecule has 1 fully saturated rings. The SMILES string of the molecule is CC(=O)N1CCC(Nc2cccc3c2CNC3)CC1.Cl. The van der Waals surface area contributed by atoms with E-state index >= 15 is 0 Å². The van der Waals surface area contributed by atoms with E-state index in [9.17, 15) is 4.79 Å². The lowest BCUT2D eigenvalue weighted by Gasteiger charge is -2.32. The van der Waals surface area contributed by atoms with Gasteiger partial charge in [-0.05, 0) is 30.0 Å². The number of amides is 1. The lowest BCUT2D eigenvalue weighted by Crippen LogP contribution is -2.41. The maximum absolute atomic E-state index is 11.3.